The second-order valence-corrected chi connectivity index (χ2v) is 7.07. The molecule has 2 N–H and O–H groups in total. The topological polar surface area (TPSA) is 49.3 Å². The summed E-state index contributed by atoms with van der Waals surface area (Å²) in [6.07, 6.45) is 0.433. The van der Waals surface area contributed by atoms with Crippen LogP contribution in [0.4, 0.5) is 5.69 Å². The molecule has 3 nitrogen and oxygen atoms in total. The molecule has 20 heavy (non-hydrogen) atoms. The summed E-state index contributed by atoms with van der Waals surface area (Å²) < 4.78 is 0.0673. The summed E-state index contributed by atoms with van der Waals surface area (Å²) in [5.74, 6) is 6.22. The number of hydrogen-bond donors (Lipinski definition) is 2. The fourth-order valence-electron chi connectivity index (χ4n) is 1.38. The number of carbonyl (C=O) groups excluding carboxylic acids is 1. The van der Waals surface area contributed by atoms with Gasteiger partial charge in [-0.25, -0.2) is 0 Å². The van der Waals surface area contributed by atoms with Crippen LogP contribution in [-0.2, 0) is 4.79 Å². The van der Waals surface area contributed by atoms with Crippen molar-refractivity contribution in [3.63, 3.8) is 0 Å². The van der Waals surface area contributed by atoms with Crippen LogP contribution in [0.1, 0.15) is 32.8 Å². The molecule has 4 heteroatoms. The first-order valence-electron chi connectivity index (χ1n) is 6.55. The molecule has 0 aliphatic rings. The van der Waals surface area contributed by atoms with Gasteiger partial charge in [-0.05, 0) is 12.1 Å². The van der Waals surface area contributed by atoms with E-state index in [4.69, 9.17) is 5.11 Å². The second kappa shape index (κ2) is 7.98. The highest BCUT2D eigenvalue weighted by Gasteiger charge is 2.13. The SMILES string of the molecule is CC(C)(C)SCC(=O)Nc1ccccc1C#CCCO. The average molecular weight is 291 g/mol. The van der Waals surface area contributed by atoms with Crippen molar-refractivity contribution in [2.75, 3.05) is 17.7 Å². The lowest BCUT2D eigenvalue weighted by atomic mass is 10.2. The zero-order valence-corrected chi connectivity index (χ0v) is 13.0. The summed E-state index contributed by atoms with van der Waals surface area (Å²) in [6, 6.07) is 7.44. The number of rotatable bonds is 4. The Bertz CT molecular complexity index is 509. The molecule has 0 bridgehead atoms. The lowest BCUT2D eigenvalue weighted by Crippen LogP contribution is -2.19. The largest absolute Gasteiger partial charge is 0.395 e. The summed E-state index contributed by atoms with van der Waals surface area (Å²) >= 11 is 1.61. The minimum Gasteiger partial charge on any atom is -0.395 e. The predicted octanol–water partition coefficient (Wildman–Crippen LogP) is 2.89. The van der Waals surface area contributed by atoms with Gasteiger partial charge in [-0.3, -0.25) is 4.79 Å². The van der Waals surface area contributed by atoms with E-state index in [0.29, 0.717) is 12.2 Å². The number of aliphatic hydroxyl groups is 1. The molecule has 0 saturated heterocycles. The molecule has 1 aromatic carbocycles. The monoisotopic (exact) mass is 291 g/mol. The first-order valence-corrected chi connectivity index (χ1v) is 7.53. The van der Waals surface area contributed by atoms with Crippen LogP contribution in [0.5, 0.6) is 0 Å². The lowest BCUT2D eigenvalue weighted by molar-refractivity contribution is -0.113. The third-order valence-electron chi connectivity index (χ3n) is 2.30. The highest BCUT2D eigenvalue weighted by atomic mass is 32.2. The Morgan fingerprint density at radius 2 is 2.05 bits per heavy atom. The van der Waals surface area contributed by atoms with Crippen LogP contribution in [0.3, 0.4) is 0 Å². The van der Waals surface area contributed by atoms with E-state index in [1.165, 1.54) is 0 Å². The summed E-state index contributed by atoms with van der Waals surface area (Å²) in [5, 5.41) is 11.6. The minimum absolute atomic E-state index is 0.0265. The van der Waals surface area contributed by atoms with Gasteiger partial charge in [0.25, 0.3) is 0 Å². The number of benzene rings is 1. The van der Waals surface area contributed by atoms with Crippen molar-refractivity contribution >= 4 is 23.4 Å². The number of aliphatic hydroxyl groups excluding tert-OH is 1. The van der Waals surface area contributed by atoms with E-state index in [1.54, 1.807) is 11.8 Å². The standard InChI is InChI=1S/C16H21NO2S/c1-16(2,3)20-12-15(19)17-14-10-5-4-8-13(14)9-6-7-11-18/h4-5,8,10,18H,7,11-12H2,1-3H3,(H,17,19). The summed E-state index contributed by atoms with van der Waals surface area (Å²) in [4.78, 5) is 11.9. The number of hydrogen-bond acceptors (Lipinski definition) is 3. The van der Waals surface area contributed by atoms with Crippen molar-refractivity contribution in [3.05, 3.63) is 29.8 Å². The van der Waals surface area contributed by atoms with E-state index >= 15 is 0 Å². The third kappa shape index (κ3) is 6.65. The van der Waals surface area contributed by atoms with Gasteiger partial charge in [0.2, 0.25) is 5.91 Å². The molecule has 1 rings (SSSR count). The number of thioether (sulfide) groups is 1. The quantitative estimate of drug-likeness (QED) is 0.839. The maximum Gasteiger partial charge on any atom is 0.234 e. The van der Waals surface area contributed by atoms with E-state index in [2.05, 4.69) is 37.9 Å². The minimum atomic E-state index is -0.0265. The molecule has 0 aromatic heterocycles. The molecular weight excluding hydrogens is 270 g/mol. The molecule has 0 spiro atoms. The molecule has 0 radical (unpaired) electrons. The molecule has 0 saturated carbocycles. The van der Waals surface area contributed by atoms with Gasteiger partial charge in [-0.2, -0.15) is 0 Å². The van der Waals surface area contributed by atoms with Crippen molar-refractivity contribution in [1.29, 1.82) is 0 Å². The molecule has 0 aliphatic carbocycles. The molecule has 0 aliphatic heterocycles. The number of amides is 1. The Hall–Kier alpha value is -1.44. The molecule has 0 unspecified atom stereocenters. The van der Waals surface area contributed by atoms with Crippen molar-refractivity contribution in [1.82, 2.24) is 0 Å². The van der Waals surface area contributed by atoms with Crippen molar-refractivity contribution in [2.24, 2.45) is 0 Å². The first kappa shape index (κ1) is 16.6. The highest BCUT2D eigenvalue weighted by Crippen LogP contribution is 2.23. The molecule has 0 heterocycles. The zero-order chi connectivity index (χ0) is 15.0. The maximum absolute atomic E-state index is 11.9. The van der Waals surface area contributed by atoms with Crippen molar-refractivity contribution in [3.8, 4) is 11.8 Å². The van der Waals surface area contributed by atoms with Crippen LogP contribution >= 0.6 is 11.8 Å². The van der Waals surface area contributed by atoms with Gasteiger partial charge >= 0.3 is 0 Å². The molecule has 0 fully saturated rings. The summed E-state index contributed by atoms with van der Waals surface area (Å²) in [6.45, 7) is 6.29. The maximum atomic E-state index is 11.9. The van der Waals surface area contributed by atoms with E-state index < -0.39 is 0 Å². The van der Waals surface area contributed by atoms with Gasteiger partial charge in [0.1, 0.15) is 0 Å². The van der Waals surface area contributed by atoms with Crippen LogP contribution in [0.15, 0.2) is 24.3 Å². The van der Waals surface area contributed by atoms with Gasteiger partial charge in [0, 0.05) is 16.7 Å². The fourth-order valence-corrected chi connectivity index (χ4v) is 2.02. The van der Waals surface area contributed by atoms with Crippen molar-refractivity contribution < 1.29 is 9.90 Å². The predicted molar refractivity (Wildman–Crippen MR) is 85.9 cm³/mol. The Labute approximate surface area is 125 Å². The number of nitrogens with one attached hydrogen (secondary N) is 1. The Morgan fingerprint density at radius 1 is 1.35 bits per heavy atom. The van der Waals surface area contributed by atoms with Crippen LogP contribution < -0.4 is 5.32 Å². The Morgan fingerprint density at radius 3 is 2.70 bits per heavy atom. The zero-order valence-electron chi connectivity index (χ0n) is 12.2. The Kier molecular flexibility index (Phi) is 6.63. The van der Waals surface area contributed by atoms with Crippen LogP contribution in [0.2, 0.25) is 0 Å². The second-order valence-electron chi connectivity index (χ2n) is 5.27. The van der Waals surface area contributed by atoms with Gasteiger partial charge in [-0.1, -0.05) is 44.7 Å². The average Bonchev–Trinajstić information content (AvgIpc) is 2.38. The molecule has 1 aromatic rings. The third-order valence-corrected chi connectivity index (χ3v) is 3.57. The molecule has 108 valence electrons. The summed E-state index contributed by atoms with van der Waals surface area (Å²) in [7, 11) is 0. The fraction of sp³-hybridized carbons (Fsp3) is 0.438. The van der Waals surface area contributed by atoms with Gasteiger partial charge in [-0.15, -0.1) is 11.8 Å². The lowest BCUT2D eigenvalue weighted by Gasteiger charge is -2.17. The highest BCUT2D eigenvalue weighted by molar-refractivity contribution is 8.01. The normalized spacial score (nSPS) is 10.6. The summed E-state index contributed by atoms with van der Waals surface area (Å²) in [5.41, 5.74) is 1.49. The van der Waals surface area contributed by atoms with Crippen LogP contribution in [-0.4, -0.2) is 28.1 Å². The smallest absolute Gasteiger partial charge is 0.234 e. The van der Waals surface area contributed by atoms with Gasteiger partial charge < -0.3 is 10.4 Å². The number of anilines is 1. The first-order chi connectivity index (χ1) is 9.42. The van der Waals surface area contributed by atoms with Crippen molar-refractivity contribution in [2.45, 2.75) is 31.9 Å². The number of carbonyl (C=O) groups is 1. The van der Waals surface area contributed by atoms with E-state index in [-0.39, 0.29) is 17.3 Å². The van der Waals surface area contributed by atoms with Crippen LogP contribution in [0, 0.1) is 11.8 Å². The number of para-hydroxylation sites is 1. The Balaban J connectivity index is 2.68. The van der Waals surface area contributed by atoms with Gasteiger partial charge in [0.05, 0.1) is 18.0 Å². The van der Waals surface area contributed by atoms with E-state index in [9.17, 15) is 4.79 Å². The van der Waals surface area contributed by atoms with Crippen LogP contribution in [0.25, 0.3) is 0 Å². The molecule has 1 amide bonds. The van der Waals surface area contributed by atoms with Gasteiger partial charge in [0.15, 0.2) is 0 Å². The van der Waals surface area contributed by atoms with E-state index in [0.717, 1.165) is 11.3 Å². The molecule has 0 atom stereocenters. The molecular formula is C16H21NO2S. The van der Waals surface area contributed by atoms with E-state index in [1.807, 2.05) is 24.3 Å².